The molecule has 0 fully saturated rings. The molecule has 1 rings (SSSR count). The van der Waals surface area contributed by atoms with Crippen molar-refractivity contribution < 1.29 is 14.6 Å². The second-order valence-corrected chi connectivity index (χ2v) is 4.44. The summed E-state index contributed by atoms with van der Waals surface area (Å²) in [5, 5.41) is 17.9. The molecule has 0 bridgehead atoms. The molecule has 0 spiro atoms. The van der Waals surface area contributed by atoms with E-state index in [-0.39, 0.29) is 12.0 Å². The number of nitriles is 1. The number of carbonyl (C=O) groups is 1. The first kappa shape index (κ1) is 13.0. The van der Waals surface area contributed by atoms with Crippen molar-refractivity contribution in [2.24, 2.45) is 0 Å². The maximum Gasteiger partial charge on any atom is 0.335 e. The Hall–Kier alpha value is -2.02. The van der Waals surface area contributed by atoms with Gasteiger partial charge >= 0.3 is 5.97 Å². The van der Waals surface area contributed by atoms with Crippen LogP contribution in [0.1, 0.15) is 36.2 Å². The van der Waals surface area contributed by atoms with Crippen LogP contribution in [-0.2, 0) is 5.41 Å². The van der Waals surface area contributed by atoms with Gasteiger partial charge in [-0.25, -0.2) is 4.79 Å². The molecule has 0 aliphatic heterocycles. The van der Waals surface area contributed by atoms with Gasteiger partial charge in [0, 0.05) is 11.8 Å². The Bertz CT molecular complexity index is 472. The first-order chi connectivity index (χ1) is 7.92. The number of benzene rings is 1. The van der Waals surface area contributed by atoms with Crippen molar-refractivity contribution in [1.82, 2.24) is 0 Å². The van der Waals surface area contributed by atoms with Gasteiger partial charge in [-0.15, -0.1) is 0 Å². The number of carboxylic acids is 1. The van der Waals surface area contributed by atoms with Crippen molar-refractivity contribution in [3.05, 3.63) is 29.3 Å². The zero-order valence-corrected chi connectivity index (χ0v) is 10.2. The highest BCUT2D eigenvalue weighted by Gasteiger charge is 2.26. The standard InChI is InChI=1S/C13H15NO3/c1-13(2,6-7-14)11-8-9(17-3)4-5-10(11)12(15)16/h4-5,8H,6H2,1-3H3,(H,15,16). The van der Waals surface area contributed by atoms with Gasteiger partial charge in [-0.1, -0.05) is 13.8 Å². The molecule has 0 heterocycles. The Morgan fingerprint density at radius 2 is 2.18 bits per heavy atom. The summed E-state index contributed by atoms with van der Waals surface area (Å²) in [6, 6.07) is 6.87. The van der Waals surface area contributed by atoms with Crippen molar-refractivity contribution in [1.29, 1.82) is 5.26 Å². The number of ether oxygens (including phenoxy) is 1. The number of hydrogen-bond donors (Lipinski definition) is 1. The molecule has 0 saturated heterocycles. The first-order valence-electron chi connectivity index (χ1n) is 5.21. The van der Waals surface area contributed by atoms with Crippen LogP contribution in [0.2, 0.25) is 0 Å². The fourth-order valence-electron chi connectivity index (χ4n) is 1.69. The summed E-state index contributed by atoms with van der Waals surface area (Å²) in [4.78, 5) is 11.1. The molecule has 90 valence electrons. The average Bonchev–Trinajstić information content (AvgIpc) is 2.28. The maximum atomic E-state index is 11.1. The summed E-state index contributed by atoms with van der Waals surface area (Å²) in [7, 11) is 1.52. The smallest absolute Gasteiger partial charge is 0.335 e. The number of rotatable bonds is 4. The van der Waals surface area contributed by atoms with Crippen molar-refractivity contribution >= 4 is 5.97 Å². The summed E-state index contributed by atoms with van der Waals surface area (Å²) in [6.07, 6.45) is 0.250. The Balaban J connectivity index is 3.37. The third-order valence-electron chi connectivity index (χ3n) is 2.71. The third kappa shape index (κ3) is 2.76. The van der Waals surface area contributed by atoms with Crippen molar-refractivity contribution in [2.75, 3.05) is 7.11 Å². The molecule has 0 aliphatic carbocycles. The van der Waals surface area contributed by atoms with Gasteiger partial charge in [-0.05, 0) is 23.8 Å². The number of methoxy groups -OCH3 is 1. The maximum absolute atomic E-state index is 11.1. The summed E-state index contributed by atoms with van der Waals surface area (Å²) < 4.78 is 5.09. The Morgan fingerprint density at radius 3 is 2.65 bits per heavy atom. The minimum absolute atomic E-state index is 0.214. The number of aromatic carboxylic acids is 1. The largest absolute Gasteiger partial charge is 0.497 e. The lowest BCUT2D eigenvalue weighted by Gasteiger charge is -2.24. The van der Waals surface area contributed by atoms with E-state index in [0.717, 1.165) is 0 Å². The fraction of sp³-hybridized carbons (Fsp3) is 0.385. The van der Waals surface area contributed by atoms with Crippen molar-refractivity contribution in [3.8, 4) is 11.8 Å². The van der Waals surface area contributed by atoms with Crippen LogP contribution in [0.25, 0.3) is 0 Å². The van der Waals surface area contributed by atoms with Crippen LogP contribution >= 0.6 is 0 Å². The molecule has 0 saturated carbocycles. The van der Waals surface area contributed by atoms with E-state index in [1.807, 2.05) is 13.8 Å². The summed E-state index contributed by atoms with van der Waals surface area (Å²) in [5.41, 5.74) is 0.314. The molecule has 0 aromatic heterocycles. The van der Waals surface area contributed by atoms with Crippen LogP contribution in [0.3, 0.4) is 0 Å². The van der Waals surface area contributed by atoms with Crippen LogP contribution in [0.4, 0.5) is 0 Å². The van der Waals surface area contributed by atoms with Crippen LogP contribution in [0.5, 0.6) is 5.75 Å². The van der Waals surface area contributed by atoms with Gasteiger partial charge in [0.2, 0.25) is 0 Å². The highest BCUT2D eigenvalue weighted by molar-refractivity contribution is 5.90. The number of nitrogens with zero attached hydrogens (tertiary/aromatic N) is 1. The van der Waals surface area contributed by atoms with Gasteiger partial charge in [0.25, 0.3) is 0 Å². The summed E-state index contributed by atoms with van der Waals surface area (Å²) >= 11 is 0. The molecule has 1 aromatic carbocycles. The van der Waals surface area contributed by atoms with Gasteiger partial charge in [0.15, 0.2) is 0 Å². The molecule has 0 aliphatic rings. The normalized spacial score (nSPS) is 10.7. The lowest BCUT2D eigenvalue weighted by molar-refractivity contribution is 0.0694. The summed E-state index contributed by atoms with van der Waals surface area (Å²) in [6.45, 7) is 3.69. The van der Waals surface area contributed by atoms with E-state index < -0.39 is 11.4 Å². The predicted octanol–water partition coefficient (Wildman–Crippen LogP) is 2.58. The first-order valence-corrected chi connectivity index (χ1v) is 5.21. The topological polar surface area (TPSA) is 70.3 Å². The van der Waals surface area contributed by atoms with Crippen LogP contribution < -0.4 is 4.74 Å². The van der Waals surface area contributed by atoms with Crippen molar-refractivity contribution in [2.45, 2.75) is 25.7 Å². The molecule has 0 unspecified atom stereocenters. The van der Waals surface area contributed by atoms with Gasteiger partial charge in [0.05, 0.1) is 18.7 Å². The lowest BCUT2D eigenvalue weighted by atomic mass is 9.79. The van der Waals surface area contributed by atoms with Crippen LogP contribution in [0.15, 0.2) is 18.2 Å². The SMILES string of the molecule is COc1ccc(C(=O)O)c(C(C)(C)CC#N)c1. The van der Waals surface area contributed by atoms with E-state index in [1.165, 1.54) is 13.2 Å². The van der Waals surface area contributed by atoms with Gasteiger partial charge in [0.1, 0.15) is 5.75 Å². The van der Waals surface area contributed by atoms with Crippen molar-refractivity contribution in [3.63, 3.8) is 0 Å². The highest BCUT2D eigenvalue weighted by atomic mass is 16.5. The van der Waals surface area contributed by atoms with Gasteiger partial charge < -0.3 is 9.84 Å². The molecule has 4 nitrogen and oxygen atoms in total. The molecule has 0 atom stereocenters. The quantitative estimate of drug-likeness (QED) is 0.867. The van der Waals surface area contributed by atoms with E-state index in [4.69, 9.17) is 15.1 Å². The van der Waals surface area contributed by atoms with E-state index in [1.54, 1.807) is 12.1 Å². The minimum atomic E-state index is -0.992. The molecule has 1 N–H and O–H groups in total. The zero-order chi connectivity index (χ0) is 13.1. The minimum Gasteiger partial charge on any atom is -0.497 e. The second kappa shape index (κ2) is 4.88. The molecular formula is C13H15NO3. The molecule has 4 heteroatoms. The fourth-order valence-corrected chi connectivity index (χ4v) is 1.69. The Kier molecular flexibility index (Phi) is 3.74. The average molecular weight is 233 g/mol. The molecular weight excluding hydrogens is 218 g/mol. The van der Waals surface area contributed by atoms with Crippen LogP contribution in [0, 0.1) is 11.3 Å². The molecule has 0 amide bonds. The number of hydrogen-bond acceptors (Lipinski definition) is 3. The van der Waals surface area contributed by atoms with Crippen LogP contribution in [-0.4, -0.2) is 18.2 Å². The Morgan fingerprint density at radius 1 is 1.53 bits per heavy atom. The van der Waals surface area contributed by atoms with E-state index in [9.17, 15) is 4.79 Å². The zero-order valence-electron chi connectivity index (χ0n) is 10.2. The van der Waals surface area contributed by atoms with Gasteiger partial charge in [-0.2, -0.15) is 5.26 Å². The van der Waals surface area contributed by atoms with E-state index >= 15 is 0 Å². The lowest BCUT2D eigenvalue weighted by Crippen LogP contribution is -2.20. The molecule has 0 radical (unpaired) electrons. The number of carboxylic acid groups (broad SMARTS) is 1. The monoisotopic (exact) mass is 233 g/mol. The van der Waals surface area contributed by atoms with E-state index in [0.29, 0.717) is 11.3 Å². The predicted molar refractivity (Wildman–Crippen MR) is 63.2 cm³/mol. The summed E-state index contributed by atoms with van der Waals surface area (Å²) in [5.74, 6) is -0.398. The van der Waals surface area contributed by atoms with Gasteiger partial charge in [-0.3, -0.25) is 0 Å². The molecule has 1 aromatic rings. The second-order valence-electron chi connectivity index (χ2n) is 4.44. The van der Waals surface area contributed by atoms with E-state index in [2.05, 4.69) is 6.07 Å². The Labute approximate surface area is 100 Å². The highest BCUT2D eigenvalue weighted by Crippen LogP contribution is 2.32. The third-order valence-corrected chi connectivity index (χ3v) is 2.71. The molecule has 17 heavy (non-hydrogen) atoms.